The van der Waals surface area contributed by atoms with Crippen LogP contribution in [0.4, 0.5) is 5.82 Å². The van der Waals surface area contributed by atoms with E-state index in [-0.39, 0.29) is 5.92 Å². The molecule has 0 radical (unpaired) electrons. The monoisotopic (exact) mass is 332 g/mol. The highest BCUT2D eigenvalue weighted by atomic mass is 32.2. The minimum Gasteiger partial charge on any atom is -0.382 e. The molecule has 1 aliphatic heterocycles. The highest BCUT2D eigenvalue weighted by Gasteiger charge is 2.30. The Labute approximate surface area is 136 Å². The number of nitrogens with zero attached hydrogens (tertiary/aromatic N) is 3. The molecule has 1 aliphatic rings. The molecule has 122 valence electrons. The maximum Gasteiger partial charge on any atom is 0.243 e. The van der Waals surface area contributed by atoms with E-state index in [0.717, 1.165) is 18.5 Å². The van der Waals surface area contributed by atoms with E-state index in [1.54, 1.807) is 34.6 Å². The van der Waals surface area contributed by atoms with Gasteiger partial charge in [0.1, 0.15) is 5.82 Å². The van der Waals surface area contributed by atoms with Gasteiger partial charge in [-0.25, -0.2) is 8.42 Å². The summed E-state index contributed by atoms with van der Waals surface area (Å²) >= 11 is 0. The Bertz CT molecular complexity index is 747. The molecule has 1 aromatic heterocycles. The zero-order valence-electron chi connectivity index (χ0n) is 12.8. The SMILES string of the molecule is Nc1ccc(C[C@@H]2CCCN(S(=O)(=O)c3ccccc3)C2)nn1. The number of nitrogens with two attached hydrogens (primary N) is 1. The van der Waals surface area contributed by atoms with Crippen LogP contribution in [0.3, 0.4) is 0 Å². The predicted octanol–water partition coefficient (Wildman–Crippen LogP) is 1.70. The second-order valence-corrected chi connectivity index (χ2v) is 7.78. The second kappa shape index (κ2) is 6.64. The van der Waals surface area contributed by atoms with Gasteiger partial charge in [0.2, 0.25) is 10.0 Å². The average molecular weight is 332 g/mol. The second-order valence-electron chi connectivity index (χ2n) is 5.84. The van der Waals surface area contributed by atoms with Gasteiger partial charge < -0.3 is 5.73 Å². The molecule has 0 saturated carbocycles. The molecule has 3 rings (SSSR count). The van der Waals surface area contributed by atoms with Crippen LogP contribution in [-0.4, -0.2) is 36.0 Å². The third-order valence-electron chi connectivity index (χ3n) is 4.10. The van der Waals surface area contributed by atoms with E-state index >= 15 is 0 Å². The summed E-state index contributed by atoms with van der Waals surface area (Å²) in [6, 6.07) is 12.2. The van der Waals surface area contributed by atoms with E-state index in [9.17, 15) is 8.42 Å². The van der Waals surface area contributed by atoms with Crippen molar-refractivity contribution >= 4 is 15.8 Å². The molecule has 7 heteroatoms. The molecule has 0 spiro atoms. The van der Waals surface area contributed by atoms with E-state index in [1.807, 2.05) is 12.1 Å². The van der Waals surface area contributed by atoms with Gasteiger partial charge in [-0.05, 0) is 49.4 Å². The molecule has 0 amide bonds. The molecule has 1 fully saturated rings. The van der Waals surface area contributed by atoms with Crippen molar-refractivity contribution in [3.8, 4) is 0 Å². The summed E-state index contributed by atoms with van der Waals surface area (Å²) in [5.41, 5.74) is 6.39. The Kier molecular flexibility index (Phi) is 4.58. The summed E-state index contributed by atoms with van der Waals surface area (Å²) < 4.78 is 27.0. The molecule has 2 aromatic rings. The largest absolute Gasteiger partial charge is 0.382 e. The van der Waals surface area contributed by atoms with Crippen molar-refractivity contribution in [2.24, 2.45) is 5.92 Å². The number of rotatable bonds is 4. The van der Waals surface area contributed by atoms with E-state index in [4.69, 9.17) is 5.73 Å². The molecule has 0 unspecified atom stereocenters. The fraction of sp³-hybridized carbons (Fsp3) is 0.375. The van der Waals surface area contributed by atoms with Crippen molar-refractivity contribution in [1.29, 1.82) is 0 Å². The summed E-state index contributed by atoms with van der Waals surface area (Å²) in [6.07, 6.45) is 2.57. The molecule has 0 bridgehead atoms. The van der Waals surface area contributed by atoms with Gasteiger partial charge in [-0.1, -0.05) is 18.2 Å². The number of nitrogen functional groups attached to an aromatic ring is 1. The van der Waals surface area contributed by atoms with Crippen molar-refractivity contribution in [2.75, 3.05) is 18.8 Å². The van der Waals surface area contributed by atoms with Crippen molar-refractivity contribution in [3.63, 3.8) is 0 Å². The third kappa shape index (κ3) is 3.68. The number of benzene rings is 1. The zero-order valence-corrected chi connectivity index (χ0v) is 13.6. The van der Waals surface area contributed by atoms with E-state index in [0.29, 0.717) is 30.2 Å². The molecular formula is C16H20N4O2S. The van der Waals surface area contributed by atoms with E-state index in [1.165, 1.54) is 0 Å². The number of piperidine rings is 1. The van der Waals surface area contributed by atoms with Crippen molar-refractivity contribution in [3.05, 3.63) is 48.2 Å². The van der Waals surface area contributed by atoms with Gasteiger partial charge in [0.15, 0.2) is 0 Å². The average Bonchev–Trinajstić information content (AvgIpc) is 2.58. The van der Waals surface area contributed by atoms with Crippen LogP contribution in [0.2, 0.25) is 0 Å². The maximum absolute atomic E-state index is 12.7. The van der Waals surface area contributed by atoms with Gasteiger partial charge in [0, 0.05) is 13.1 Å². The molecule has 23 heavy (non-hydrogen) atoms. The zero-order chi connectivity index (χ0) is 16.3. The molecule has 1 aromatic carbocycles. The van der Waals surface area contributed by atoms with Crippen LogP contribution in [-0.2, 0) is 16.4 Å². The number of aromatic nitrogens is 2. The van der Waals surface area contributed by atoms with Gasteiger partial charge >= 0.3 is 0 Å². The Balaban J connectivity index is 1.72. The lowest BCUT2D eigenvalue weighted by Gasteiger charge is -2.31. The van der Waals surface area contributed by atoms with Crippen LogP contribution in [0.15, 0.2) is 47.4 Å². The maximum atomic E-state index is 12.7. The van der Waals surface area contributed by atoms with Crippen LogP contribution in [0, 0.1) is 5.92 Å². The summed E-state index contributed by atoms with van der Waals surface area (Å²) in [4.78, 5) is 0.355. The minimum atomic E-state index is -3.42. The fourth-order valence-corrected chi connectivity index (χ4v) is 4.50. The smallest absolute Gasteiger partial charge is 0.243 e. The van der Waals surface area contributed by atoms with Gasteiger partial charge in [-0.15, -0.1) is 5.10 Å². The summed E-state index contributed by atoms with van der Waals surface area (Å²) in [5, 5.41) is 7.93. The summed E-state index contributed by atoms with van der Waals surface area (Å²) in [7, 11) is -3.42. The van der Waals surface area contributed by atoms with Gasteiger partial charge in [-0.3, -0.25) is 0 Å². The predicted molar refractivity (Wildman–Crippen MR) is 88.1 cm³/mol. The van der Waals surface area contributed by atoms with Crippen molar-refractivity contribution in [2.45, 2.75) is 24.2 Å². The Morgan fingerprint density at radius 2 is 1.91 bits per heavy atom. The normalized spacial score (nSPS) is 19.6. The Hall–Kier alpha value is -1.99. The lowest BCUT2D eigenvalue weighted by atomic mass is 9.94. The van der Waals surface area contributed by atoms with E-state index in [2.05, 4.69) is 10.2 Å². The van der Waals surface area contributed by atoms with Crippen LogP contribution in [0.25, 0.3) is 0 Å². The molecule has 6 nitrogen and oxygen atoms in total. The molecule has 0 aliphatic carbocycles. The first-order valence-corrected chi connectivity index (χ1v) is 9.13. The fourth-order valence-electron chi connectivity index (χ4n) is 2.93. The number of hydrogen-bond acceptors (Lipinski definition) is 5. The minimum absolute atomic E-state index is 0.250. The summed E-state index contributed by atoms with van der Waals surface area (Å²) in [5.74, 6) is 0.644. The van der Waals surface area contributed by atoms with Crippen LogP contribution < -0.4 is 5.73 Å². The first kappa shape index (κ1) is 15.9. The van der Waals surface area contributed by atoms with Crippen molar-refractivity contribution < 1.29 is 8.42 Å². The van der Waals surface area contributed by atoms with Gasteiger partial charge in [-0.2, -0.15) is 9.40 Å². The van der Waals surface area contributed by atoms with Crippen LogP contribution in [0.1, 0.15) is 18.5 Å². The highest BCUT2D eigenvalue weighted by molar-refractivity contribution is 7.89. The summed E-state index contributed by atoms with van der Waals surface area (Å²) in [6.45, 7) is 1.09. The van der Waals surface area contributed by atoms with Crippen LogP contribution >= 0.6 is 0 Å². The lowest BCUT2D eigenvalue weighted by molar-refractivity contribution is 0.264. The highest BCUT2D eigenvalue weighted by Crippen LogP contribution is 2.25. The number of hydrogen-bond donors (Lipinski definition) is 1. The first-order chi connectivity index (χ1) is 11.1. The topological polar surface area (TPSA) is 89.2 Å². The molecule has 2 heterocycles. The molecule has 1 saturated heterocycles. The molecular weight excluding hydrogens is 312 g/mol. The quantitative estimate of drug-likeness (QED) is 0.920. The third-order valence-corrected chi connectivity index (χ3v) is 5.98. The first-order valence-electron chi connectivity index (χ1n) is 7.69. The number of sulfonamides is 1. The Morgan fingerprint density at radius 3 is 2.61 bits per heavy atom. The number of anilines is 1. The van der Waals surface area contributed by atoms with E-state index < -0.39 is 10.0 Å². The molecule has 2 N–H and O–H groups in total. The molecule has 1 atom stereocenters. The van der Waals surface area contributed by atoms with Gasteiger partial charge in [0.05, 0.1) is 10.6 Å². The van der Waals surface area contributed by atoms with Crippen LogP contribution in [0.5, 0.6) is 0 Å². The van der Waals surface area contributed by atoms with Gasteiger partial charge in [0.25, 0.3) is 0 Å². The Morgan fingerprint density at radius 1 is 1.13 bits per heavy atom. The lowest BCUT2D eigenvalue weighted by Crippen LogP contribution is -2.40. The van der Waals surface area contributed by atoms with Crippen molar-refractivity contribution in [1.82, 2.24) is 14.5 Å². The standard InChI is InChI=1S/C16H20N4O2S/c17-16-9-8-14(18-19-16)11-13-5-4-10-20(12-13)23(21,22)15-6-2-1-3-7-15/h1-3,6-9,13H,4-5,10-12H2,(H2,17,19)/t13-/m0/s1.